The second-order valence-corrected chi connectivity index (χ2v) is 10.8. The number of nitrogens with zero attached hydrogens (tertiary/aromatic N) is 1. The zero-order valence-corrected chi connectivity index (χ0v) is 20.0. The molecule has 2 aromatic rings. The van der Waals surface area contributed by atoms with E-state index in [1.165, 1.54) is 5.56 Å². The summed E-state index contributed by atoms with van der Waals surface area (Å²) >= 11 is 7.66. The molecule has 0 aliphatic heterocycles. The Kier molecular flexibility index (Phi) is 9.52. The van der Waals surface area contributed by atoms with Crippen LogP contribution >= 0.6 is 23.4 Å². The summed E-state index contributed by atoms with van der Waals surface area (Å²) in [7, 11) is -3.56. The number of benzene rings is 2. The Labute approximate surface area is 189 Å². The van der Waals surface area contributed by atoms with E-state index in [2.05, 4.69) is 19.2 Å². The van der Waals surface area contributed by atoms with Crippen LogP contribution in [-0.4, -0.2) is 39.4 Å². The van der Waals surface area contributed by atoms with Gasteiger partial charge in [0.05, 0.1) is 11.9 Å². The van der Waals surface area contributed by atoms with E-state index in [9.17, 15) is 13.2 Å². The molecule has 8 heteroatoms. The average molecular weight is 469 g/mol. The number of carbonyl (C=O) groups excluding carboxylic acids is 1. The van der Waals surface area contributed by atoms with E-state index in [4.69, 9.17) is 11.6 Å². The molecular weight excluding hydrogens is 440 g/mol. The molecule has 2 rings (SSSR count). The van der Waals surface area contributed by atoms with Gasteiger partial charge in [-0.3, -0.25) is 9.10 Å². The van der Waals surface area contributed by atoms with Gasteiger partial charge >= 0.3 is 0 Å². The first-order valence-corrected chi connectivity index (χ1v) is 13.2. The van der Waals surface area contributed by atoms with Crippen LogP contribution in [0.3, 0.4) is 0 Å². The lowest BCUT2D eigenvalue weighted by Gasteiger charge is -2.22. The van der Waals surface area contributed by atoms with Crippen LogP contribution in [0.15, 0.2) is 48.5 Å². The van der Waals surface area contributed by atoms with Crippen molar-refractivity contribution in [2.75, 3.05) is 29.4 Å². The number of hydrogen-bond acceptors (Lipinski definition) is 4. The van der Waals surface area contributed by atoms with Crippen LogP contribution in [0.25, 0.3) is 0 Å². The standard InChI is InChI=1S/C22H29ClN2O3S2/c1-17(2)19-7-11-21(12-8-19)25(30(3,27)28)15-22(26)24-13-4-14-29-16-18-5-9-20(23)10-6-18/h5-12,17H,4,13-16H2,1-3H3,(H,24,26). The minimum atomic E-state index is -3.56. The maximum absolute atomic E-state index is 12.3. The Hall–Kier alpha value is -1.70. The molecule has 1 N–H and O–H groups in total. The highest BCUT2D eigenvalue weighted by Gasteiger charge is 2.20. The lowest BCUT2D eigenvalue weighted by atomic mass is 10.0. The Morgan fingerprint density at radius 3 is 2.30 bits per heavy atom. The number of carbonyl (C=O) groups is 1. The zero-order valence-electron chi connectivity index (χ0n) is 17.6. The number of halogens is 1. The number of thioether (sulfide) groups is 1. The summed E-state index contributed by atoms with van der Waals surface area (Å²) in [4.78, 5) is 12.3. The van der Waals surface area contributed by atoms with E-state index >= 15 is 0 Å². The monoisotopic (exact) mass is 468 g/mol. The van der Waals surface area contributed by atoms with E-state index in [-0.39, 0.29) is 12.5 Å². The summed E-state index contributed by atoms with van der Waals surface area (Å²) in [5.41, 5.74) is 2.82. The molecule has 0 aromatic heterocycles. The number of rotatable bonds is 11. The summed E-state index contributed by atoms with van der Waals surface area (Å²) in [6.45, 7) is 4.43. The highest BCUT2D eigenvalue weighted by Crippen LogP contribution is 2.22. The lowest BCUT2D eigenvalue weighted by Crippen LogP contribution is -2.40. The SMILES string of the molecule is CC(C)c1ccc(N(CC(=O)NCCCSCc2ccc(Cl)cc2)S(C)(=O)=O)cc1. The summed E-state index contributed by atoms with van der Waals surface area (Å²) in [6.07, 6.45) is 1.93. The summed E-state index contributed by atoms with van der Waals surface area (Å²) < 4.78 is 25.5. The van der Waals surface area contributed by atoms with Crippen molar-refractivity contribution < 1.29 is 13.2 Å². The fourth-order valence-electron chi connectivity index (χ4n) is 2.78. The minimum Gasteiger partial charge on any atom is -0.354 e. The highest BCUT2D eigenvalue weighted by molar-refractivity contribution is 7.98. The molecule has 0 unspecified atom stereocenters. The third-order valence-electron chi connectivity index (χ3n) is 4.50. The molecule has 0 aliphatic rings. The Morgan fingerprint density at radius 2 is 1.73 bits per heavy atom. The summed E-state index contributed by atoms with van der Waals surface area (Å²) in [6, 6.07) is 15.1. The molecule has 164 valence electrons. The molecule has 0 saturated heterocycles. The molecular formula is C22H29ClN2O3S2. The molecule has 5 nitrogen and oxygen atoms in total. The van der Waals surface area contributed by atoms with Gasteiger partial charge in [-0.2, -0.15) is 11.8 Å². The van der Waals surface area contributed by atoms with Gasteiger partial charge < -0.3 is 5.32 Å². The van der Waals surface area contributed by atoms with Gasteiger partial charge in [-0.05, 0) is 53.5 Å². The van der Waals surface area contributed by atoms with Gasteiger partial charge in [0.15, 0.2) is 0 Å². The Morgan fingerprint density at radius 1 is 1.10 bits per heavy atom. The van der Waals surface area contributed by atoms with E-state index in [1.807, 2.05) is 36.4 Å². The lowest BCUT2D eigenvalue weighted by molar-refractivity contribution is -0.119. The van der Waals surface area contributed by atoms with Crippen molar-refractivity contribution in [1.82, 2.24) is 5.32 Å². The minimum absolute atomic E-state index is 0.224. The Balaban J connectivity index is 1.78. The topological polar surface area (TPSA) is 66.5 Å². The van der Waals surface area contributed by atoms with E-state index in [0.717, 1.165) is 39.1 Å². The second-order valence-electron chi connectivity index (χ2n) is 7.40. The van der Waals surface area contributed by atoms with E-state index < -0.39 is 10.0 Å². The van der Waals surface area contributed by atoms with Crippen molar-refractivity contribution in [3.8, 4) is 0 Å². The highest BCUT2D eigenvalue weighted by atomic mass is 35.5. The third kappa shape index (κ3) is 8.20. The fraction of sp³-hybridized carbons (Fsp3) is 0.409. The maximum Gasteiger partial charge on any atom is 0.240 e. The maximum atomic E-state index is 12.3. The van der Waals surface area contributed by atoms with Crippen LogP contribution in [0.2, 0.25) is 5.02 Å². The third-order valence-corrected chi connectivity index (χ3v) is 7.01. The van der Waals surface area contributed by atoms with Gasteiger partial charge in [0, 0.05) is 17.3 Å². The number of nitrogens with one attached hydrogen (secondary N) is 1. The molecule has 0 aliphatic carbocycles. The largest absolute Gasteiger partial charge is 0.354 e. The molecule has 2 aromatic carbocycles. The first-order chi connectivity index (χ1) is 14.2. The van der Waals surface area contributed by atoms with Crippen molar-refractivity contribution in [2.45, 2.75) is 31.9 Å². The number of hydrogen-bond donors (Lipinski definition) is 1. The molecule has 0 spiro atoms. The van der Waals surface area contributed by atoms with Crippen molar-refractivity contribution in [3.63, 3.8) is 0 Å². The van der Waals surface area contributed by atoms with Crippen LogP contribution in [0.5, 0.6) is 0 Å². The molecule has 0 bridgehead atoms. The Bertz CT molecular complexity index is 914. The van der Waals surface area contributed by atoms with Gasteiger partial charge in [-0.25, -0.2) is 8.42 Å². The van der Waals surface area contributed by atoms with Crippen LogP contribution in [-0.2, 0) is 20.6 Å². The fourth-order valence-corrected chi connectivity index (χ4v) is 4.69. The summed E-state index contributed by atoms with van der Waals surface area (Å²) in [5.74, 6) is 1.83. The van der Waals surface area contributed by atoms with Gasteiger partial charge in [-0.15, -0.1) is 0 Å². The number of amides is 1. The predicted octanol–water partition coefficient (Wildman–Crippen LogP) is 4.67. The molecule has 0 radical (unpaired) electrons. The van der Waals surface area contributed by atoms with Gasteiger partial charge in [0.2, 0.25) is 15.9 Å². The van der Waals surface area contributed by atoms with Crippen LogP contribution < -0.4 is 9.62 Å². The summed E-state index contributed by atoms with van der Waals surface area (Å²) in [5, 5.41) is 3.54. The molecule has 0 fully saturated rings. The average Bonchev–Trinajstić information content (AvgIpc) is 2.69. The van der Waals surface area contributed by atoms with Gasteiger partial charge in [-0.1, -0.05) is 49.7 Å². The molecule has 0 atom stereocenters. The number of anilines is 1. The van der Waals surface area contributed by atoms with Crippen molar-refractivity contribution in [3.05, 3.63) is 64.7 Å². The molecule has 1 amide bonds. The first kappa shape index (κ1) is 24.6. The van der Waals surface area contributed by atoms with E-state index in [1.54, 1.807) is 23.9 Å². The normalized spacial score (nSPS) is 11.5. The molecule has 0 heterocycles. The quantitative estimate of drug-likeness (QED) is 0.486. The first-order valence-electron chi connectivity index (χ1n) is 9.83. The van der Waals surface area contributed by atoms with Gasteiger partial charge in [0.1, 0.15) is 6.54 Å². The smallest absolute Gasteiger partial charge is 0.240 e. The van der Waals surface area contributed by atoms with Crippen molar-refractivity contribution >= 4 is 45.0 Å². The number of sulfonamides is 1. The van der Waals surface area contributed by atoms with Gasteiger partial charge in [0.25, 0.3) is 0 Å². The zero-order chi connectivity index (χ0) is 22.1. The van der Waals surface area contributed by atoms with Crippen LogP contribution in [0.1, 0.15) is 37.3 Å². The van der Waals surface area contributed by atoms with Crippen molar-refractivity contribution in [2.24, 2.45) is 0 Å². The predicted molar refractivity (Wildman–Crippen MR) is 128 cm³/mol. The van der Waals surface area contributed by atoms with Crippen LogP contribution in [0, 0.1) is 0 Å². The molecule has 30 heavy (non-hydrogen) atoms. The van der Waals surface area contributed by atoms with E-state index in [0.29, 0.717) is 18.2 Å². The van der Waals surface area contributed by atoms with Crippen molar-refractivity contribution in [1.29, 1.82) is 0 Å². The van der Waals surface area contributed by atoms with Crippen LogP contribution in [0.4, 0.5) is 5.69 Å². The second kappa shape index (κ2) is 11.6. The molecule has 0 saturated carbocycles.